The van der Waals surface area contributed by atoms with E-state index >= 15 is 0 Å². The summed E-state index contributed by atoms with van der Waals surface area (Å²) in [4.78, 5) is 0. The predicted octanol–water partition coefficient (Wildman–Crippen LogP) is 1.82. The number of methoxy groups -OCH3 is 2. The summed E-state index contributed by atoms with van der Waals surface area (Å²) in [6.45, 7) is 8.15. The van der Waals surface area contributed by atoms with Crippen molar-refractivity contribution in [2.45, 2.75) is 45.3 Å². The van der Waals surface area contributed by atoms with Gasteiger partial charge in [0.1, 0.15) is 0 Å². The lowest BCUT2D eigenvalue weighted by atomic mass is 9.94. The highest BCUT2D eigenvalue weighted by molar-refractivity contribution is 4.84. The molecule has 0 rings (SSSR count). The van der Waals surface area contributed by atoms with Gasteiger partial charge in [-0.15, -0.1) is 0 Å². The molecule has 0 saturated heterocycles. The SMILES string of the molecule is CCNC(CCCOC)C(C)(C)OC. The minimum Gasteiger partial charge on any atom is -0.385 e. The molecule has 3 heteroatoms. The molecular weight excluding hydrogens is 178 g/mol. The third kappa shape index (κ3) is 4.94. The van der Waals surface area contributed by atoms with Crippen molar-refractivity contribution < 1.29 is 9.47 Å². The Morgan fingerprint density at radius 3 is 2.36 bits per heavy atom. The maximum absolute atomic E-state index is 5.48. The minimum atomic E-state index is -0.107. The van der Waals surface area contributed by atoms with Gasteiger partial charge in [-0.3, -0.25) is 0 Å². The smallest absolute Gasteiger partial charge is 0.0775 e. The summed E-state index contributed by atoms with van der Waals surface area (Å²) in [7, 11) is 3.50. The Morgan fingerprint density at radius 1 is 1.29 bits per heavy atom. The van der Waals surface area contributed by atoms with Crippen molar-refractivity contribution in [3.63, 3.8) is 0 Å². The van der Waals surface area contributed by atoms with Gasteiger partial charge < -0.3 is 14.8 Å². The molecule has 1 N–H and O–H groups in total. The summed E-state index contributed by atoms with van der Waals surface area (Å²) in [5.74, 6) is 0. The first kappa shape index (κ1) is 13.9. The molecule has 86 valence electrons. The lowest BCUT2D eigenvalue weighted by Gasteiger charge is -2.33. The Balaban J connectivity index is 4.00. The molecule has 0 aromatic rings. The van der Waals surface area contributed by atoms with E-state index in [0.29, 0.717) is 6.04 Å². The summed E-state index contributed by atoms with van der Waals surface area (Å²) in [6.07, 6.45) is 2.16. The van der Waals surface area contributed by atoms with Crippen LogP contribution in [0.1, 0.15) is 33.6 Å². The van der Waals surface area contributed by atoms with Gasteiger partial charge in [-0.25, -0.2) is 0 Å². The second-order valence-electron chi connectivity index (χ2n) is 4.05. The number of rotatable bonds is 8. The number of nitrogens with one attached hydrogen (secondary N) is 1. The highest BCUT2D eigenvalue weighted by Crippen LogP contribution is 2.17. The highest BCUT2D eigenvalue weighted by atomic mass is 16.5. The van der Waals surface area contributed by atoms with Crippen molar-refractivity contribution in [2.24, 2.45) is 0 Å². The van der Waals surface area contributed by atoms with Gasteiger partial charge >= 0.3 is 0 Å². The van der Waals surface area contributed by atoms with E-state index in [-0.39, 0.29) is 5.60 Å². The third-order valence-electron chi connectivity index (χ3n) is 2.66. The maximum Gasteiger partial charge on any atom is 0.0775 e. The van der Waals surface area contributed by atoms with Gasteiger partial charge in [-0.2, -0.15) is 0 Å². The largest absolute Gasteiger partial charge is 0.385 e. The fourth-order valence-electron chi connectivity index (χ4n) is 1.52. The van der Waals surface area contributed by atoms with Gasteiger partial charge in [-0.05, 0) is 33.2 Å². The van der Waals surface area contributed by atoms with Crippen molar-refractivity contribution >= 4 is 0 Å². The van der Waals surface area contributed by atoms with Crippen LogP contribution in [0, 0.1) is 0 Å². The van der Waals surface area contributed by atoms with E-state index in [9.17, 15) is 0 Å². The maximum atomic E-state index is 5.48. The van der Waals surface area contributed by atoms with Crippen LogP contribution in [0.2, 0.25) is 0 Å². The van der Waals surface area contributed by atoms with Crippen LogP contribution in [0.3, 0.4) is 0 Å². The number of hydrogen-bond acceptors (Lipinski definition) is 3. The first-order valence-corrected chi connectivity index (χ1v) is 5.36. The van der Waals surface area contributed by atoms with Crippen LogP contribution in [0.4, 0.5) is 0 Å². The molecule has 0 aliphatic rings. The first-order valence-electron chi connectivity index (χ1n) is 5.36. The fraction of sp³-hybridized carbons (Fsp3) is 1.00. The van der Waals surface area contributed by atoms with Crippen molar-refractivity contribution in [3.8, 4) is 0 Å². The molecule has 0 aromatic heterocycles. The zero-order valence-electron chi connectivity index (χ0n) is 10.2. The average Bonchev–Trinajstić information content (AvgIpc) is 2.17. The molecule has 0 aromatic carbocycles. The van der Waals surface area contributed by atoms with Crippen LogP contribution < -0.4 is 5.32 Å². The van der Waals surface area contributed by atoms with Crippen LogP contribution in [0.15, 0.2) is 0 Å². The van der Waals surface area contributed by atoms with Crippen molar-refractivity contribution in [1.82, 2.24) is 5.32 Å². The van der Waals surface area contributed by atoms with Crippen LogP contribution in [-0.4, -0.2) is 39.0 Å². The lowest BCUT2D eigenvalue weighted by molar-refractivity contribution is -0.0140. The molecule has 0 amide bonds. The Labute approximate surface area is 88.2 Å². The molecule has 3 nitrogen and oxygen atoms in total. The fourth-order valence-corrected chi connectivity index (χ4v) is 1.52. The molecular formula is C11H25NO2. The van der Waals surface area contributed by atoms with E-state index in [1.807, 2.05) is 0 Å². The molecule has 0 radical (unpaired) electrons. The van der Waals surface area contributed by atoms with Crippen LogP contribution in [0.5, 0.6) is 0 Å². The predicted molar refractivity (Wildman–Crippen MR) is 59.7 cm³/mol. The number of ether oxygens (including phenoxy) is 2. The normalized spacial score (nSPS) is 14.4. The molecule has 14 heavy (non-hydrogen) atoms. The molecule has 0 fully saturated rings. The number of hydrogen-bond donors (Lipinski definition) is 1. The van der Waals surface area contributed by atoms with E-state index in [2.05, 4.69) is 26.1 Å². The third-order valence-corrected chi connectivity index (χ3v) is 2.66. The summed E-state index contributed by atoms with van der Waals surface area (Å²) in [5, 5.41) is 3.45. The van der Waals surface area contributed by atoms with Crippen LogP contribution in [0.25, 0.3) is 0 Å². The van der Waals surface area contributed by atoms with Gasteiger partial charge in [0, 0.05) is 26.9 Å². The van der Waals surface area contributed by atoms with Gasteiger partial charge in [-0.1, -0.05) is 6.92 Å². The second-order valence-corrected chi connectivity index (χ2v) is 4.05. The standard InChI is InChI=1S/C11H25NO2/c1-6-12-10(8-7-9-13-4)11(2,3)14-5/h10,12H,6-9H2,1-5H3. The zero-order valence-corrected chi connectivity index (χ0v) is 10.2. The van der Waals surface area contributed by atoms with Gasteiger partial charge in [0.15, 0.2) is 0 Å². The average molecular weight is 203 g/mol. The Hall–Kier alpha value is -0.120. The molecule has 1 unspecified atom stereocenters. The topological polar surface area (TPSA) is 30.5 Å². The molecule has 0 aliphatic heterocycles. The first-order chi connectivity index (χ1) is 6.58. The monoisotopic (exact) mass is 203 g/mol. The number of likely N-dealkylation sites (N-methyl/N-ethyl adjacent to an activating group) is 1. The van der Waals surface area contributed by atoms with E-state index < -0.39 is 0 Å². The van der Waals surface area contributed by atoms with Gasteiger partial charge in [0.05, 0.1) is 5.60 Å². The summed E-state index contributed by atoms with van der Waals surface area (Å²) >= 11 is 0. The van der Waals surface area contributed by atoms with Gasteiger partial charge in [0.25, 0.3) is 0 Å². The molecule has 0 bridgehead atoms. The Bertz CT molecular complexity index is 137. The summed E-state index contributed by atoms with van der Waals surface area (Å²) < 4.78 is 10.5. The second kappa shape index (κ2) is 7.21. The molecule has 0 aliphatic carbocycles. The minimum absolute atomic E-state index is 0.107. The zero-order chi connectivity index (χ0) is 11.0. The molecule has 1 atom stereocenters. The molecule has 0 spiro atoms. The quantitative estimate of drug-likeness (QED) is 0.610. The van der Waals surface area contributed by atoms with E-state index in [4.69, 9.17) is 9.47 Å². The van der Waals surface area contributed by atoms with Crippen LogP contribution >= 0.6 is 0 Å². The van der Waals surface area contributed by atoms with E-state index in [1.165, 1.54) is 0 Å². The van der Waals surface area contributed by atoms with Gasteiger partial charge in [0.2, 0.25) is 0 Å². The Morgan fingerprint density at radius 2 is 1.93 bits per heavy atom. The van der Waals surface area contributed by atoms with Crippen molar-refractivity contribution in [2.75, 3.05) is 27.4 Å². The highest BCUT2D eigenvalue weighted by Gasteiger charge is 2.27. The van der Waals surface area contributed by atoms with Crippen molar-refractivity contribution in [3.05, 3.63) is 0 Å². The lowest BCUT2D eigenvalue weighted by Crippen LogP contribution is -2.48. The van der Waals surface area contributed by atoms with E-state index in [0.717, 1.165) is 26.0 Å². The molecule has 0 heterocycles. The van der Waals surface area contributed by atoms with Crippen molar-refractivity contribution in [1.29, 1.82) is 0 Å². The summed E-state index contributed by atoms with van der Waals surface area (Å²) in [5.41, 5.74) is -0.107. The van der Waals surface area contributed by atoms with E-state index in [1.54, 1.807) is 14.2 Å². The summed E-state index contributed by atoms with van der Waals surface area (Å²) in [6, 6.07) is 0.396. The molecule has 0 saturated carbocycles. The van der Waals surface area contributed by atoms with Crippen LogP contribution in [-0.2, 0) is 9.47 Å². The Kier molecular flexibility index (Phi) is 7.15.